The maximum atomic E-state index is 12.6. The quantitative estimate of drug-likeness (QED) is 0.265. The van der Waals surface area contributed by atoms with Crippen molar-refractivity contribution < 1.29 is 29.4 Å². The Balaban J connectivity index is 1.92. The predicted molar refractivity (Wildman–Crippen MR) is 117 cm³/mol. The summed E-state index contributed by atoms with van der Waals surface area (Å²) in [5.74, 6) is -1.82. The first-order valence-electron chi connectivity index (χ1n) is 9.80. The Morgan fingerprint density at radius 3 is 2.28 bits per heavy atom. The van der Waals surface area contributed by atoms with Gasteiger partial charge in [0.1, 0.15) is 11.9 Å². The number of hydroxylamine groups is 1. The molecule has 0 unspecified atom stereocenters. The zero-order chi connectivity index (χ0) is 23.1. The van der Waals surface area contributed by atoms with E-state index in [4.69, 9.17) is 9.94 Å². The van der Waals surface area contributed by atoms with E-state index in [9.17, 15) is 19.5 Å². The van der Waals surface area contributed by atoms with Gasteiger partial charge >= 0.3 is 6.09 Å². The number of benzene rings is 3. The molecule has 0 saturated carbocycles. The van der Waals surface area contributed by atoms with E-state index in [1.54, 1.807) is 67.6 Å². The highest BCUT2D eigenvalue weighted by atomic mass is 16.6. The molecule has 0 saturated heterocycles. The van der Waals surface area contributed by atoms with Crippen LogP contribution in [0.1, 0.15) is 28.9 Å². The summed E-state index contributed by atoms with van der Waals surface area (Å²) in [7, 11) is 0. The van der Waals surface area contributed by atoms with Gasteiger partial charge < -0.3 is 9.84 Å². The van der Waals surface area contributed by atoms with Crippen LogP contribution in [0.5, 0.6) is 5.75 Å². The highest BCUT2D eigenvalue weighted by Crippen LogP contribution is 2.36. The Morgan fingerprint density at radius 2 is 1.59 bits per heavy atom. The van der Waals surface area contributed by atoms with Crippen LogP contribution in [-0.2, 0) is 9.53 Å². The zero-order valence-corrected chi connectivity index (χ0v) is 17.2. The van der Waals surface area contributed by atoms with E-state index < -0.39 is 29.9 Å². The van der Waals surface area contributed by atoms with Crippen LogP contribution in [0.25, 0.3) is 10.8 Å². The molecule has 0 bridgehead atoms. The van der Waals surface area contributed by atoms with Crippen molar-refractivity contribution in [2.24, 2.45) is 5.92 Å². The maximum Gasteiger partial charge on any atom is 0.414 e. The number of hydrogen-bond donors (Lipinski definition) is 4. The fraction of sp³-hybridized carbons (Fsp3) is 0.125. The standard InChI is InChI=1S/C24H22N2O6/c1-15(11-14-21(28)26-31)22(19-12-13-20(27)18-10-6-5-9-17(18)19)32-24(30)25-23(29)16-7-3-2-4-8-16/h2-15,22,27,31H,1H3,(H,26,28)(H,25,29,30)/b14-11+/t15-,22+/m0/s1. The minimum atomic E-state index is -0.965. The summed E-state index contributed by atoms with van der Waals surface area (Å²) in [6, 6.07) is 18.4. The number of rotatable bonds is 6. The van der Waals surface area contributed by atoms with Gasteiger partial charge in [-0.1, -0.05) is 61.5 Å². The molecule has 0 aliphatic heterocycles. The Labute approximate surface area is 184 Å². The maximum absolute atomic E-state index is 12.6. The van der Waals surface area contributed by atoms with Crippen molar-refractivity contribution >= 4 is 28.7 Å². The number of fused-ring (bicyclic) bond motifs is 1. The fourth-order valence-corrected chi connectivity index (χ4v) is 3.29. The monoisotopic (exact) mass is 434 g/mol. The van der Waals surface area contributed by atoms with Crippen LogP contribution in [-0.4, -0.2) is 28.2 Å². The molecule has 3 amide bonds. The number of phenolic OH excluding ortho intramolecular Hbond substituents is 1. The molecule has 0 spiro atoms. The molecule has 164 valence electrons. The van der Waals surface area contributed by atoms with Crippen molar-refractivity contribution in [2.75, 3.05) is 0 Å². The third-order valence-corrected chi connectivity index (χ3v) is 4.87. The van der Waals surface area contributed by atoms with Crippen molar-refractivity contribution in [3.8, 4) is 5.75 Å². The summed E-state index contributed by atoms with van der Waals surface area (Å²) in [5, 5.41) is 22.3. The molecule has 0 fully saturated rings. The molecule has 3 aromatic rings. The van der Waals surface area contributed by atoms with Crippen molar-refractivity contribution in [1.82, 2.24) is 10.8 Å². The lowest BCUT2D eigenvalue weighted by Crippen LogP contribution is -2.33. The van der Waals surface area contributed by atoms with Gasteiger partial charge in [-0.15, -0.1) is 0 Å². The minimum absolute atomic E-state index is 0.0645. The van der Waals surface area contributed by atoms with Gasteiger partial charge in [-0.2, -0.15) is 0 Å². The third kappa shape index (κ3) is 5.30. The largest absolute Gasteiger partial charge is 0.507 e. The summed E-state index contributed by atoms with van der Waals surface area (Å²) in [6.45, 7) is 1.71. The number of phenols is 1. The van der Waals surface area contributed by atoms with Crippen LogP contribution < -0.4 is 10.8 Å². The van der Waals surface area contributed by atoms with Gasteiger partial charge in [-0.05, 0) is 23.6 Å². The second-order valence-electron chi connectivity index (χ2n) is 7.06. The van der Waals surface area contributed by atoms with E-state index in [1.165, 1.54) is 17.6 Å². The van der Waals surface area contributed by atoms with Gasteiger partial charge in [-0.3, -0.25) is 20.1 Å². The first-order valence-corrected chi connectivity index (χ1v) is 9.80. The smallest absolute Gasteiger partial charge is 0.414 e. The normalized spacial score (nSPS) is 12.8. The van der Waals surface area contributed by atoms with Crippen LogP contribution in [0.2, 0.25) is 0 Å². The topological polar surface area (TPSA) is 125 Å². The molecule has 32 heavy (non-hydrogen) atoms. The molecule has 8 heteroatoms. The molecule has 0 aliphatic carbocycles. The van der Waals surface area contributed by atoms with Crippen LogP contribution >= 0.6 is 0 Å². The lowest BCUT2D eigenvalue weighted by Gasteiger charge is -2.24. The number of hydrogen-bond acceptors (Lipinski definition) is 6. The number of carbonyl (C=O) groups excluding carboxylic acids is 3. The van der Waals surface area contributed by atoms with E-state index in [0.717, 1.165) is 6.08 Å². The van der Waals surface area contributed by atoms with Crippen LogP contribution in [0.3, 0.4) is 0 Å². The summed E-state index contributed by atoms with van der Waals surface area (Å²) in [5.41, 5.74) is 2.36. The molecular formula is C24H22N2O6. The Morgan fingerprint density at radius 1 is 0.938 bits per heavy atom. The third-order valence-electron chi connectivity index (χ3n) is 4.87. The van der Waals surface area contributed by atoms with Crippen molar-refractivity contribution in [2.45, 2.75) is 13.0 Å². The molecule has 2 atom stereocenters. The van der Waals surface area contributed by atoms with Gasteiger partial charge in [0, 0.05) is 28.5 Å². The molecule has 0 heterocycles. The van der Waals surface area contributed by atoms with E-state index in [-0.39, 0.29) is 5.75 Å². The van der Waals surface area contributed by atoms with Crippen molar-refractivity contribution in [3.63, 3.8) is 0 Å². The minimum Gasteiger partial charge on any atom is -0.507 e. The molecular weight excluding hydrogens is 412 g/mol. The molecule has 3 aromatic carbocycles. The van der Waals surface area contributed by atoms with Gasteiger partial charge in [0.25, 0.3) is 11.8 Å². The van der Waals surface area contributed by atoms with Gasteiger partial charge in [0.2, 0.25) is 0 Å². The molecule has 0 aliphatic rings. The molecule has 4 N–H and O–H groups in total. The second-order valence-corrected chi connectivity index (χ2v) is 7.06. The van der Waals surface area contributed by atoms with E-state index in [1.807, 2.05) is 0 Å². The highest BCUT2D eigenvalue weighted by Gasteiger charge is 2.26. The van der Waals surface area contributed by atoms with E-state index >= 15 is 0 Å². The molecule has 8 nitrogen and oxygen atoms in total. The Bertz CT molecular complexity index is 1160. The van der Waals surface area contributed by atoms with Gasteiger partial charge in [0.05, 0.1) is 0 Å². The number of nitrogens with one attached hydrogen (secondary N) is 2. The summed E-state index contributed by atoms with van der Waals surface area (Å²) >= 11 is 0. The van der Waals surface area contributed by atoms with Crippen molar-refractivity contribution in [1.29, 1.82) is 0 Å². The van der Waals surface area contributed by atoms with Crippen molar-refractivity contribution in [3.05, 3.63) is 90.0 Å². The second kappa shape index (κ2) is 10.2. The SMILES string of the molecule is C[C@@H](/C=C/C(=O)NO)[C@@H](OC(=O)NC(=O)c1ccccc1)c1ccc(O)c2ccccc12. The number of imide groups is 1. The summed E-state index contributed by atoms with van der Waals surface area (Å²) in [6.07, 6.45) is 0.695. The average molecular weight is 434 g/mol. The number of amides is 3. The molecule has 0 aromatic heterocycles. The molecule has 0 radical (unpaired) electrons. The van der Waals surface area contributed by atoms with Gasteiger partial charge in [0.15, 0.2) is 0 Å². The number of ether oxygens (including phenoxy) is 1. The highest BCUT2D eigenvalue weighted by molar-refractivity contribution is 6.03. The lowest BCUT2D eigenvalue weighted by molar-refractivity contribution is -0.124. The number of carbonyl (C=O) groups is 3. The van der Waals surface area contributed by atoms with Crippen LogP contribution in [0.15, 0.2) is 78.9 Å². The summed E-state index contributed by atoms with van der Waals surface area (Å²) in [4.78, 5) is 36.3. The first-order chi connectivity index (χ1) is 15.4. The number of alkyl carbamates (subject to hydrolysis) is 1. The first kappa shape index (κ1) is 22.5. The Hall–Kier alpha value is -4.17. The number of aromatic hydroxyl groups is 1. The van der Waals surface area contributed by atoms with E-state index in [0.29, 0.717) is 21.9 Å². The van der Waals surface area contributed by atoms with Gasteiger partial charge in [-0.25, -0.2) is 10.3 Å². The fourth-order valence-electron chi connectivity index (χ4n) is 3.29. The van der Waals surface area contributed by atoms with Crippen LogP contribution in [0, 0.1) is 5.92 Å². The Kier molecular flexibility index (Phi) is 7.20. The van der Waals surface area contributed by atoms with Crippen LogP contribution in [0.4, 0.5) is 4.79 Å². The lowest BCUT2D eigenvalue weighted by atomic mass is 9.92. The van der Waals surface area contributed by atoms with E-state index in [2.05, 4.69) is 5.32 Å². The zero-order valence-electron chi connectivity index (χ0n) is 17.2. The predicted octanol–water partition coefficient (Wildman–Crippen LogP) is 3.85. The molecule has 3 rings (SSSR count). The average Bonchev–Trinajstić information content (AvgIpc) is 2.82. The summed E-state index contributed by atoms with van der Waals surface area (Å²) < 4.78 is 5.61.